The van der Waals surface area contributed by atoms with Gasteiger partial charge in [-0.2, -0.15) is 5.10 Å². The summed E-state index contributed by atoms with van der Waals surface area (Å²) in [5.41, 5.74) is 3.33. The predicted octanol–water partition coefficient (Wildman–Crippen LogP) is 3.45. The molecule has 3 rings (SSSR count). The highest BCUT2D eigenvalue weighted by atomic mass is 16.5. The minimum absolute atomic E-state index is 0.344. The van der Waals surface area contributed by atoms with E-state index in [2.05, 4.69) is 10.1 Å². The number of hydrogen-bond donors (Lipinski definition) is 0. The molecule has 0 aliphatic carbocycles. The summed E-state index contributed by atoms with van der Waals surface area (Å²) in [6.07, 6.45) is 3.21. The molecular weight excluding hydrogens is 330 g/mol. The van der Waals surface area contributed by atoms with Crippen LogP contribution in [0, 0.1) is 0 Å². The van der Waals surface area contributed by atoms with Crippen molar-refractivity contribution in [1.29, 1.82) is 0 Å². The Labute approximate surface area is 152 Å². The molecule has 0 aliphatic rings. The van der Waals surface area contributed by atoms with E-state index in [1.165, 1.54) is 6.08 Å². The van der Waals surface area contributed by atoms with Crippen molar-refractivity contribution >= 4 is 22.6 Å². The Morgan fingerprint density at radius 1 is 1.23 bits per heavy atom. The fourth-order valence-corrected chi connectivity index (χ4v) is 2.74. The van der Waals surface area contributed by atoms with Gasteiger partial charge in [0.2, 0.25) is 0 Å². The quantitative estimate of drug-likeness (QED) is 0.503. The highest BCUT2D eigenvalue weighted by molar-refractivity contribution is 5.96. The summed E-state index contributed by atoms with van der Waals surface area (Å²) < 4.78 is 12.0. The third kappa shape index (κ3) is 3.74. The van der Waals surface area contributed by atoms with Crippen molar-refractivity contribution in [2.24, 2.45) is 0 Å². The summed E-state index contributed by atoms with van der Waals surface area (Å²) in [6, 6.07) is 11.6. The molecule has 1 aromatic carbocycles. The lowest BCUT2D eigenvalue weighted by Crippen LogP contribution is -2.03. The van der Waals surface area contributed by atoms with Crippen LogP contribution in [0.1, 0.15) is 25.1 Å². The molecule has 0 fully saturated rings. The maximum atomic E-state index is 11.8. The van der Waals surface area contributed by atoms with Gasteiger partial charge in [-0.05, 0) is 49.2 Å². The average molecular weight is 351 g/mol. The molecule has 0 saturated carbocycles. The van der Waals surface area contributed by atoms with E-state index >= 15 is 0 Å². The van der Waals surface area contributed by atoms with E-state index in [0.717, 1.165) is 33.6 Å². The molecule has 0 amide bonds. The number of aromatic nitrogens is 3. The van der Waals surface area contributed by atoms with Gasteiger partial charge in [-0.15, -0.1) is 0 Å². The smallest absolute Gasteiger partial charge is 0.331 e. The first-order valence-corrected chi connectivity index (χ1v) is 8.42. The second-order valence-electron chi connectivity index (χ2n) is 5.81. The lowest BCUT2D eigenvalue weighted by molar-refractivity contribution is -0.137. The summed E-state index contributed by atoms with van der Waals surface area (Å²) in [4.78, 5) is 16.2. The van der Waals surface area contributed by atoms with Crippen molar-refractivity contribution in [2.75, 3.05) is 13.7 Å². The molecule has 6 heteroatoms. The van der Waals surface area contributed by atoms with Crippen LogP contribution in [-0.4, -0.2) is 34.5 Å². The van der Waals surface area contributed by atoms with Gasteiger partial charge in [0.15, 0.2) is 5.65 Å². The number of ether oxygens (including phenoxy) is 2. The molecule has 134 valence electrons. The van der Waals surface area contributed by atoms with Gasteiger partial charge in [0.25, 0.3) is 0 Å². The van der Waals surface area contributed by atoms with Crippen molar-refractivity contribution in [3.63, 3.8) is 0 Å². The van der Waals surface area contributed by atoms with Gasteiger partial charge in [0, 0.05) is 17.7 Å². The van der Waals surface area contributed by atoms with Gasteiger partial charge in [0.05, 0.1) is 26.0 Å². The molecule has 26 heavy (non-hydrogen) atoms. The van der Waals surface area contributed by atoms with Gasteiger partial charge in [-0.1, -0.05) is 12.1 Å². The predicted molar refractivity (Wildman–Crippen MR) is 99.9 cm³/mol. The van der Waals surface area contributed by atoms with Crippen LogP contribution in [-0.2, 0) is 16.1 Å². The van der Waals surface area contributed by atoms with E-state index < -0.39 is 0 Å². The van der Waals surface area contributed by atoms with Gasteiger partial charge in [-0.25, -0.2) is 14.5 Å². The van der Waals surface area contributed by atoms with Crippen molar-refractivity contribution in [1.82, 2.24) is 14.8 Å². The molecule has 0 radical (unpaired) electrons. The number of hydrogen-bond acceptors (Lipinski definition) is 5. The number of carbonyl (C=O) groups is 1. The number of rotatable bonds is 6. The van der Waals surface area contributed by atoms with Crippen LogP contribution >= 0.6 is 0 Å². The van der Waals surface area contributed by atoms with Crippen molar-refractivity contribution in [3.05, 3.63) is 59.9 Å². The summed E-state index contributed by atoms with van der Waals surface area (Å²) in [5.74, 6) is 0.442. The van der Waals surface area contributed by atoms with Crippen LogP contribution in [0.2, 0.25) is 0 Å². The molecule has 0 spiro atoms. The highest BCUT2D eigenvalue weighted by Crippen LogP contribution is 2.24. The first-order valence-electron chi connectivity index (χ1n) is 8.42. The molecule has 0 aliphatic heterocycles. The molecule has 0 bridgehead atoms. The van der Waals surface area contributed by atoms with Crippen LogP contribution in [0.25, 0.3) is 16.6 Å². The molecular formula is C20H21N3O3. The molecule has 0 N–H and O–H groups in total. The standard InChI is InChI=1S/C20H21N3O3/c1-4-26-18(24)12-14(2)19-17-6-5-11-21-20(17)23(22-19)13-15-7-9-16(25-3)10-8-15/h5-12H,4,13H2,1-3H3/b14-12+. The lowest BCUT2D eigenvalue weighted by atomic mass is 10.1. The second-order valence-corrected chi connectivity index (χ2v) is 5.81. The van der Waals surface area contributed by atoms with Gasteiger partial charge >= 0.3 is 5.97 Å². The van der Waals surface area contributed by atoms with Crippen LogP contribution in [0.15, 0.2) is 48.7 Å². The maximum Gasteiger partial charge on any atom is 0.331 e. The summed E-state index contributed by atoms with van der Waals surface area (Å²) in [5, 5.41) is 5.59. The monoisotopic (exact) mass is 351 g/mol. The minimum Gasteiger partial charge on any atom is -0.497 e. The number of nitrogens with zero attached hydrogens (tertiary/aromatic N) is 3. The number of allylic oxidation sites excluding steroid dienone is 1. The van der Waals surface area contributed by atoms with E-state index in [1.807, 2.05) is 48.0 Å². The zero-order chi connectivity index (χ0) is 18.5. The van der Waals surface area contributed by atoms with Crippen LogP contribution < -0.4 is 4.74 Å². The Bertz CT molecular complexity index is 943. The average Bonchev–Trinajstić information content (AvgIpc) is 3.01. The zero-order valence-electron chi connectivity index (χ0n) is 15.1. The maximum absolute atomic E-state index is 11.8. The first-order chi connectivity index (χ1) is 12.6. The number of pyridine rings is 1. The number of esters is 1. The van der Waals surface area contributed by atoms with Crippen molar-refractivity contribution in [2.45, 2.75) is 20.4 Å². The largest absolute Gasteiger partial charge is 0.497 e. The van der Waals surface area contributed by atoms with E-state index in [0.29, 0.717) is 13.2 Å². The summed E-state index contributed by atoms with van der Waals surface area (Å²) in [6.45, 7) is 4.55. The van der Waals surface area contributed by atoms with E-state index in [4.69, 9.17) is 9.47 Å². The fourth-order valence-electron chi connectivity index (χ4n) is 2.74. The molecule has 2 heterocycles. The Hall–Kier alpha value is -3.15. The van der Waals surface area contributed by atoms with E-state index in [-0.39, 0.29) is 5.97 Å². The van der Waals surface area contributed by atoms with Crippen LogP contribution in [0.5, 0.6) is 5.75 Å². The molecule has 3 aromatic rings. The molecule has 6 nitrogen and oxygen atoms in total. The normalized spacial score (nSPS) is 11.6. The Balaban J connectivity index is 1.97. The number of carbonyl (C=O) groups excluding carboxylic acids is 1. The topological polar surface area (TPSA) is 66.2 Å². The lowest BCUT2D eigenvalue weighted by Gasteiger charge is -2.05. The van der Waals surface area contributed by atoms with Crippen LogP contribution in [0.4, 0.5) is 0 Å². The van der Waals surface area contributed by atoms with E-state index in [1.54, 1.807) is 20.2 Å². The fraction of sp³-hybridized carbons (Fsp3) is 0.250. The van der Waals surface area contributed by atoms with Crippen LogP contribution in [0.3, 0.4) is 0 Å². The third-order valence-electron chi connectivity index (χ3n) is 3.99. The third-order valence-corrected chi connectivity index (χ3v) is 3.99. The highest BCUT2D eigenvalue weighted by Gasteiger charge is 2.14. The Kier molecular flexibility index (Phi) is 5.31. The Morgan fingerprint density at radius 2 is 2.00 bits per heavy atom. The van der Waals surface area contributed by atoms with Gasteiger partial charge in [0.1, 0.15) is 5.75 Å². The van der Waals surface area contributed by atoms with Gasteiger partial charge in [-0.3, -0.25) is 0 Å². The van der Waals surface area contributed by atoms with Crippen molar-refractivity contribution < 1.29 is 14.3 Å². The number of fused-ring (bicyclic) bond motifs is 1. The minimum atomic E-state index is -0.369. The molecule has 2 aromatic heterocycles. The summed E-state index contributed by atoms with van der Waals surface area (Å²) >= 11 is 0. The zero-order valence-corrected chi connectivity index (χ0v) is 15.1. The van der Waals surface area contributed by atoms with E-state index in [9.17, 15) is 4.79 Å². The SMILES string of the molecule is CCOC(=O)/C=C(\C)c1nn(Cc2ccc(OC)cc2)c2ncccc12. The van der Waals surface area contributed by atoms with Gasteiger partial charge < -0.3 is 9.47 Å². The number of methoxy groups -OCH3 is 1. The number of benzene rings is 1. The van der Waals surface area contributed by atoms with Crippen molar-refractivity contribution in [3.8, 4) is 5.75 Å². The second kappa shape index (κ2) is 7.82. The molecule has 0 saturated heterocycles. The molecule has 0 atom stereocenters. The Morgan fingerprint density at radius 3 is 2.69 bits per heavy atom. The molecule has 0 unspecified atom stereocenters. The summed E-state index contributed by atoms with van der Waals surface area (Å²) in [7, 11) is 1.64. The first kappa shape index (κ1) is 17.7.